The third kappa shape index (κ3) is 4.25. The SMILES string of the molecule is CC1(NC(=O)CCOC2CCNCC2)CCCC1. The van der Waals surface area contributed by atoms with E-state index in [0.717, 1.165) is 38.8 Å². The van der Waals surface area contributed by atoms with E-state index in [4.69, 9.17) is 4.74 Å². The summed E-state index contributed by atoms with van der Waals surface area (Å²) in [4.78, 5) is 11.8. The number of nitrogens with one attached hydrogen (secondary N) is 2. The maximum Gasteiger partial charge on any atom is 0.222 e. The van der Waals surface area contributed by atoms with E-state index in [1.54, 1.807) is 0 Å². The second-order valence-corrected chi connectivity index (χ2v) is 5.89. The summed E-state index contributed by atoms with van der Waals surface area (Å²) in [6.45, 7) is 4.79. The smallest absolute Gasteiger partial charge is 0.222 e. The van der Waals surface area contributed by atoms with Crippen LogP contribution in [-0.2, 0) is 9.53 Å². The Balaban J connectivity index is 1.59. The lowest BCUT2D eigenvalue weighted by Crippen LogP contribution is -2.44. The van der Waals surface area contributed by atoms with Crippen molar-refractivity contribution in [1.82, 2.24) is 10.6 Å². The van der Waals surface area contributed by atoms with Crippen molar-refractivity contribution in [3.8, 4) is 0 Å². The highest BCUT2D eigenvalue weighted by Gasteiger charge is 2.29. The number of amides is 1. The molecule has 2 fully saturated rings. The minimum Gasteiger partial charge on any atom is -0.378 e. The second kappa shape index (κ2) is 6.53. The van der Waals surface area contributed by atoms with Crippen LogP contribution in [0.15, 0.2) is 0 Å². The largest absolute Gasteiger partial charge is 0.378 e. The fraction of sp³-hybridized carbons (Fsp3) is 0.929. The quantitative estimate of drug-likeness (QED) is 0.783. The predicted octanol–water partition coefficient (Wildman–Crippen LogP) is 1.59. The third-order valence-electron chi connectivity index (χ3n) is 4.12. The molecule has 0 atom stereocenters. The first-order valence-electron chi connectivity index (χ1n) is 7.31. The summed E-state index contributed by atoms with van der Waals surface area (Å²) in [6, 6.07) is 0. The highest BCUT2D eigenvalue weighted by molar-refractivity contribution is 5.76. The zero-order chi connectivity index (χ0) is 12.8. The van der Waals surface area contributed by atoms with E-state index in [-0.39, 0.29) is 11.4 Å². The summed E-state index contributed by atoms with van der Waals surface area (Å²) in [5.41, 5.74) is 0.0475. The summed E-state index contributed by atoms with van der Waals surface area (Å²) < 4.78 is 5.75. The summed E-state index contributed by atoms with van der Waals surface area (Å²) >= 11 is 0. The Morgan fingerprint density at radius 1 is 1.33 bits per heavy atom. The maximum absolute atomic E-state index is 11.8. The number of carbonyl (C=O) groups is 1. The van der Waals surface area contributed by atoms with E-state index in [2.05, 4.69) is 17.6 Å². The normalized spacial score (nSPS) is 24.1. The standard InChI is InChI=1S/C14H26N2O2/c1-14(7-2-3-8-14)16-13(17)6-11-18-12-4-9-15-10-5-12/h12,15H,2-11H2,1H3,(H,16,17). The van der Waals surface area contributed by atoms with Gasteiger partial charge in [-0.2, -0.15) is 0 Å². The van der Waals surface area contributed by atoms with Crippen LogP contribution in [0.25, 0.3) is 0 Å². The van der Waals surface area contributed by atoms with Crippen molar-refractivity contribution < 1.29 is 9.53 Å². The van der Waals surface area contributed by atoms with Crippen LogP contribution < -0.4 is 10.6 Å². The molecule has 104 valence electrons. The molecule has 18 heavy (non-hydrogen) atoms. The highest BCUT2D eigenvalue weighted by Crippen LogP contribution is 2.28. The molecule has 1 aliphatic carbocycles. The molecule has 0 bridgehead atoms. The van der Waals surface area contributed by atoms with Gasteiger partial charge in [0.2, 0.25) is 5.91 Å². The summed E-state index contributed by atoms with van der Waals surface area (Å²) in [6.07, 6.45) is 7.70. The maximum atomic E-state index is 11.8. The first-order chi connectivity index (χ1) is 8.68. The van der Waals surface area contributed by atoms with Gasteiger partial charge in [0.05, 0.1) is 12.7 Å². The van der Waals surface area contributed by atoms with Crippen molar-refractivity contribution in [1.29, 1.82) is 0 Å². The molecule has 2 N–H and O–H groups in total. The van der Waals surface area contributed by atoms with Crippen molar-refractivity contribution >= 4 is 5.91 Å². The van der Waals surface area contributed by atoms with Crippen LogP contribution in [0.3, 0.4) is 0 Å². The van der Waals surface area contributed by atoms with Crippen LogP contribution in [0, 0.1) is 0 Å². The van der Waals surface area contributed by atoms with Gasteiger partial charge in [-0.05, 0) is 45.7 Å². The van der Waals surface area contributed by atoms with E-state index in [1.165, 1.54) is 12.8 Å². The van der Waals surface area contributed by atoms with E-state index in [1.807, 2.05) is 0 Å². The van der Waals surface area contributed by atoms with Gasteiger partial charge in [0, 0.05) is 12.0 Å². The molecule has 1 saturated carbocycles. The Labute approximate surface area is 110 Å². The van der Waals surface area contributed by atoms with Crippen LogP contribution in [0.1, 0.15) is 51.9 Å². The van der Waals surface area contributed by atoms with E-state index in [0.29, 0.717) is 19.1 Å². The molecule has 0 unspecified atom stereocenters. The molecule has 1 amide bonds. The van der Waals surface area contributed by atoms with Gasteiger partial charge in [-0.15, -0.1) is 0 Å². The van der Waals surface area contributed by atoms with Crippen LogP contribution in [-0.4, -0.2) is 37.2 Å². The molecule has 0 spiro atoms. The molecule has 0 aromatic heterocycles. The molecule has 0 radical (unpaired) electrons. The fourth-order valence-corrected chi connectivity index (χ4v) is 2.96. The number of hydrogen-bond donors (Lipinski definition) is 2. The molecule has 4 nitrogen and oxygen atoms in total. The Morgan fingerprint density at radius 3 is 2.67 bits per heavy atom. The third-order valence-corrected chi connectivity index (χ3v) is 4.12. The number of hydrogen-bond acceptors (Lipinski definition) is 3. The summed E-state index contributed by atoms with van der Waals surface area (Å²) in [5.74, 6) is 0.147. The minimum absolute atomic E-state index is 0.0475. The van der Waals surface area contributed by atoms with Gasteiger partial charge in [0.1, 0.15) is 0 Å². The first-order valence-corrected chi connectivity index (χ1v) is 7.31. The Bertz CT molecular complexity index is 269. The van der Waals surface area contributed by atoms with Gasteiger partial charge in [0.25, 0.3) is 0 Å². The first kappa shape index (κ1) is 13.8. The monoisotopic (exact) mass is 254 g/mol. The van der Waals surface area contributed by atoms with Gasteiger partial charge < -0.3 is 15.4 Å². The summed E-state index contributed by atoms with van der Waals surface area (Å²) in [5, 5.41) is 6.47. The van der Waals surface area contributed by atoms with Crippen molar-refractivity contribution in [3.63, 3.8) is 0 Å². The molecule has 1 aliphatic heterocycles. The van der Waals surface area contributed by atoms with E-state index < -0.39 is 0 Å². The van der Waals surface area contributed by atoms with E-state index in [9.17, 15) is 4.79 Å². The van der Waals surface area contributed by atoms with Gasteiger partial charge in [-0.3, -0.25) is 4.79 Å². The molecule has 1 heterocycles. The van der Waals surface area contributed by atoms with Crippen LogP contribution >= 0.6 is 0 Å². The molecular weight excluding hydrogens is 228 g/mol. The number of ether oxygens (including phenoxy) is 1. The topological polar surface area (TPSA) is 50.4 Å². The minimum atomic E-state index is 0.0475. The zero-order valence-electron chi connectivity index (χ0n) is 11.5. The number of carbonyl (C=O) groups excluding carboxylic acids is 1. The van der Waals surface area contributed by atoms with Crippen molar-refractivity contribution in [2.45, 2.75) is 63.5 Å². The Hall–Kier alpha value is -0.610. The molecule has 2 aliphatic rings. The number of piperidine rings is 1. The van der Waals surface area contributed by atoms with Crippen LogP contribution in [0.2, 0.25) is 0 Å². The predicted molar refractivity (Wildman–Crippen MR) is 71.5 cm³/mol. The van der Waals surface area contributed by atoms with Crippen LogP contribution in [0.5, 0.6) is 0 Å². The molecule has 1 saturated heterocycles. The highest BCUT2D eigenvalue weighted by atomic mass is 16.5. The average Bonchev–Trinajstić information content (AvgIpc) is 2.77. The second-order valence-electron chi connectivity index (χ2n) is 5.89. The van der Waals surface area contributed by atoms with E-state index >= 15 is 0 Å². The van der Waals surface area contributed by atoms with Crippen LogP contribution in [0.4, 0.5) is 0 Å². The Morgan fingerprint density at radius 2 is 2.00 bits per heavy atom. The molecule has 2 rings (SSSR count). The number of rotatable bonds is 5. The molecule has 4 heteroatoms. The zero-order valence-corrected chi connectivity index (χ0v) is 11.5. The van der Waals surface area contributed by atoms with Crippen molar-refractivity contribution in [2.75, 3.05) is 19.7 Å². The van der Waals surface area contributed by atoms with Gasteiger partial charge in [-0.25, -0.2) is 0 Å². The van der Waals surface area contributed by atoms with Crippen molar-refractivity contribution in [2.24, 2.45) is 0 Å². The Kier molecular flexibility index (Phi) is 5.01. The summed E-state index contributed by atoms with van der Waals surface area (Å²) in [7, 11) is 0. The lowest BCUT2D eigenvalue weighted by atomic mass is 10.0. The fourth-order valence-electron chi connectivity index (χ4n) is 2.96. The molecule has 0 aromatic rings. The molecular formula is C14H26N2O2. The van der Waals surface area contributed by atoms with Crippen molar-refractivity contribution in [3.05, 3.63) is 0 Å². The molecule has 0 aromatic carbocycles. The van der Waals surface area contributed by atoms with Gasteiger partial charge in [0.15, 0.2) is 0 Å². The lowest BCUT2D eigenvalue weighted by molar-refractivity contribution is -0.124. The van der Waals surface area contributed by atoms with Gasteiger partial charge in [-0.1, -0.05) is 12.8 Å². The van der Waals surface area contributed by atoms with Gasteiger partial charge >= 0.3 is 0 Å². The lowest BCUT2D eigenvalue weighted by Gasteiger charge is -2.26. The average molecular weight is 254 g/mol.